The smallest absolute Gasteiger partial charge is 0.242 e. The average molecular weight is 334 g/mol. The predicted molar refractivity (Wildman–Crippen MR) is 76.6 cm³/mol. The van der Waals surface area contributed by atoms with Crippen LogP contribution in [-0.4, -0.2) is 36.1 Å². The van der Waals surface area contributed by atoms with Gasteiger partial charge < -0.3 is 4.74 Å². The highest BCUT2D eigenvalue weighted by atomic mass is 32.2. The van der Waals surface area contributed by atoms with Gasteiger partial charge in [0.05, 0.1) is 5.60 Å². The highest BCUT2D eigenvalue weighted by molar-refractivity contribution is 7.92. The largest absolute Gasteiger partial charge is 0.377 e. The summed E-state index contributed by atoms with van der Waals surface area (Å²) in [7, 11) is -6.57. The molecule has 0 saturated heterocycles. The van der Waals surface area contributed by atoms with Crippen LogP contribution in [0.25, 0.3) is 0 Å². The number of methoxy groups -OCH3 is 1. The lowest BCUT2D eigenvalue weighted by molar-refractivity contribution is -0.0659. The second-order valence-electron chi connectivity index (χ2n) is 5.06. The molecule has 21 heavy (non-hydrogen) atoms. The van der Waals surface area contributed by atoms with Gasteiger partial charge in [-0.15, -0.1) is 0 Å². The molecule has 1 aromatic rings. The highest BCUT2D eigenvalue weighted by Gasteiger charge is 2.38. The second kappa shape index (κ2) is 5.65. The first-order chi connectivity index (χ1) is 9.70. The van der Waals surface area contributed by atoms with Crippen molar-refractivity contribution in [2.75, 3.05) is 13.7 Å². The van der Waals surface area contributed by atoms with Crippen molar-refractivity contribution >= 4 is 20.0 Å². The van der Waals surface area contributed by atoms with Crippen LogP contribution in [0.1, 0.15) is 19.3 Å². The van der Waals surface area contributed by atoms with E-state index in [1.807, 2.05) is 0 Å². The fourth-order valence-corrected chi connectivity index (χ4v) is 4.73. The van der Waals surface area contributed by atoms with Gasteiger partial charge in [0.2, 0.25) is 20.0 Å². The van der Waals surface area contributed by atoms with Crippen molar-refractivity contribution in [1.82, 2.24) is 4.72 Å². The van der Waals surface area contributed by atoms with Crippen LogP contribution in [0.5, 0.6) is 0 Å². The number of nitrogens with two attached hydrogens (primary N) is 1. The summed E-state index contributed by atoms with van der Waals surface area (Å²) in [6.45, 7) is 0.102. The molecule has 0 aromatic heterocycles. The van der Waals surface area contributed by atoms with Gasteiger partial charge in [-0.05, 0) is 31.4 Å². The van der Waals surface area contributed by atoms with Crippen molar-refractivity contribution < 1.29 is 21.6 Å². The van der Waals surface area contributed by atoms with E-state index in [-0.39, 0.29) is 11.4 Å². The number of hydrogen-bond acceptors (Lipinski definition) is 5. The van der Waals surface area contributed by atoms with Gasteiger partial charge in [0, 0.05) is 13.7 Å². The van der Waals surface area contributed by atoms with Crippen LogP contribution in [0.3, 0.4) is 0 Å². The van der Waals surface area contributed by atoms with E-state index in [2.05, 4.69) is 4.72 Å². The van der Waals surface area contributed by atoms with E-state index in [9.17, 15) is 16.8 Å². The molecular weight excluding hydrogens is 316 g/mol. The van der Waals surface area contributed by atoms with Gasteiger partial charge in [0.25, 0.3) is 0 Å². The molecule has 0 heterocycles. The lowest BCUT2D eigenvalue weighted by atomic mass is 9.80. The summed E-state index contributed by atoms with van der Waals surface area (Å²) < 4.78 is 55.3. The summed E-state index contributed by atoms with van der Waals surface area (Å²) in [5, 5.41) is 5.06. The molecule has 1 aromatic carbocycles. The van der Waals surface area contributed by atoms with Gasteiger partial charge in [-0.25, -0.2) is 26.7 Å². The molecule has 0 amide bonds. The summed E-state index contributed by atoms with van der Waals surface area (Å²) in [6, 6.07) is 5.24. The lowest BCUT2D eigenvalue weighted by Gasteiger charge is -2.40. The molecule has 2 rings (SSSR count). The van der Waals surface area contributed by atoms with Crippen LogP contribution >= 0.6 is 0 Å². The predicted octanol–water partition coefficient (Wildman–Crippen LogP) is 0.181. The number of benzene rings is 1. The molecule has 1 aliphatic rings. The quantitative estimate of drug-likeness (QED) is 0.770. The normalized spacial score (nSPS) is 18.2. The maximum Gasteiger partial charge on any atom is 0.242 e. The Labute approximate surface area is 124 Å². The Balaban J connectivity index is 2.29. The third kappa shape index (κ3) is 3.43. The summed E-state index contributed by atoms with van der Waals surface area (Å²) in [5.41, 5.74) is -0.496. The molecular formula is C12H18N2O5S2. The molecule has 1 saturated carbocycles. The summed E-state index contributed by atoms with van der Waals surface area (Å²) in [5.74, 6) is 0. The van der Waals surface area contributed by atoms with E-state index < -0.39 is 30.5 Å². The van der Waals surface area contributed by atoms with Crippen molar-refractivity contribution in [3.63, 3.8) is 0 Å². The fourth-order valence-electron chi connectivity index (χ4n) is 2.24. The van der Waals surface area contributed by atoms with Gasteiger partial charge in [0.15, 0.2) is 0 Å². The lowest BCUT2D eigenvalue weighted by Crippen LogP contribution is -2.49. The molecule has 0 radical (unpaired) electrons. The van der Waals surface area contributed by atoms with Crippen LogP contribution in [0.4, 0.5) is 0 Å². The van der Waals surface area contributed by atoms with Crippen molar-refractivity contribution in [2.45, 2.75) is 34.7 Å². The van der Waals surface area contributed by atoms with E-state index in [1.165, 1.54) is 31.4 Å². The van der Waals surface area contributed by atoms with Crippen LogP contribution < -0.4 is 9.86 Å². The Morgan fingerprint density at radius 3 is 2.19 bits per heavy atom. The molecule has 0 bridgehead atoms. The molecule has 0 aliphatic heterocycles. The Morgan fingerprint density at radius 2 is 1.76 bits per heavy atom. The van der Waals surface area contributed by atoms with E-state index in [4.69, 9.17) is 9.88 Å². The van der Waals surface area contributed by atoms with E-state index >= 15 is 0 Å². The van der Waals surface area contributed by atoms with Gasteiger partial charge >= 0.3 is 0 Å². The Morgan fingerprint density at radius 1 is 1.19 bits per heavy atom. The molecule has 9 heteroatoms. The van der Waals surface area contributed by atoms with Crippen molar-refractivity contribution in [2.24, 2.45) is 5.14 Å². The average Bonchev–Trinajstić information content (AvgIpc) is 2.37. The number of ether oxygens (including phenoxy) is 1. The third-order valence-electron chi connectivity index (χ3n) is 3.73. The Hall–Kier alpha value is -1.00. The first-order valence-corrected chi connectivity index (χ1v) is 9.40. The van der Waals surface area contributed by atoms with Gasteiger partial charge in [-0.2, -0.15) is 0 Å². The summed E-state index contributed by atoms with van der Waals surface area (Å²) in [6.07, 6.45) is 2.51. The van der Waals surface area contributed by atoms with Gasteiger partial charge in [0.1, 0.15) is 9.79 Å². The SMILES string of the molecule is COC1(CNS(=O)(=O)c2ccccc2S(N)(=O)=O)CCC1. The van der Waals surface area contributed by atoms with Crippen LogP contribution in [0.2, 0.25) is 0 Å². The van der Waals surface area contributed by atoms with Gasteiger partial charge in [-0.3, -0.25) is 0 Å². The number of nitrogens with one attached hydrogen (secondary N) is 1. The minimum absolute atomic E-state index is 0.102. The van der Waals surface area contributed by atoms with Crippen LogP contribution in [0.15, 0.2) is 34.1 Å². The fraction of sp³-hybridized carbons (Fsp3) is 0.500. The number of hydrogen-bond donors (Lipinski definition) is 2. The minimum atomic E-state index is -4.12. The highest BCUT2D eigenvalue weighted by Crippen LogP contribution is 2.34. The molecule has 118 valence electrons. The molecule has 1 fully saturated rings. The van der Waals surface area contributed by atoms with E-state index in [1.54, 1.807) is 0 Å². The van der Waals surface area contributed by atoms with Crippen molar-refractivity contribution in [3.8, 4) is 0 Å². The van der Waals surface area contributed by atoms with Crippen molar-refractivity contribution in [3.05, 3.63) is 24.3 Å². The first-order valence-electron chi connectivity index (χ1n) is 6.37. The maximum atomic E-state index is 12.3. The standard InChI is InChI=1S/C12H18N2O5S2/c1-19-12(7-4-8-12)9-14-21(17,18)11-6-3-2-5-10(11)20(13,15)16/h2-3,5-6,14H,4,7-9H2,1H3,(H2,13,15,16). The minimum Gasteiger partial charge on any atom is -0.377 e. The Bertz CT molecular complexity index is 718. The van der Waals surface area contributed by atoms with Crippen LogP contribution in [-0.2, 0) is 24.8 Å². The maximum absolute atomic E-state index is 12.3. The summed E-state index contributed by atoms with van der Waals surface area (Å²) in [4.78, 5) is -0.768. The zero-order valence-electron chi connectivity index (χ0n) is 11.6. The summed E-state index contributed by atoms with van der Waals surface area (Å²) >= 11 is 0. The van der Waals surface area contributed by atoms with E-state index in [0.29, 0.717) is 0 Å². The zero-order valence-corrected chi connectivity index (χ0v) is 13.2. The molecule has 7 nitrogen and oxygen atoms in total. The van der Waals surface area contributed by atoms with Gasteiger partial charge in [-0.1, -0.05) is 12.1 Å². The topological polar surface area (TPSA) is 116 Å². The van der Waals surface area contributed by atoms with Crippen LogP contribution in [0, 0.1) is 0 Å². The number of sulfonamides is 2. The zero-order chi connectivity index (χ0) is 15.7. The molecule has 0 atom stereocenters. The molecule has 3 N–H and O–H groups in total. The number of primary sulfonamides is 1. The molecule has 0 spiro atoms. The van der Waals surface area contributed by atoms with E-state index in [0.717, 1.165) is 19.3 Å². The molecule has 0 unspecified atom stereocenters. The second-order valence-corrected chi connectivity index (χ2v) is 8.32. The number of rotatable bonds is 6. The first kappa shape index (κ1) is 16.4. The molecule has 1 aliphatic carbocycles. The van der Waals surface area contributed by atoms with Crippen molar-refractivity contribution in [1.29, 1.82) is 0 Å². The third-order valence-corrected chi connectivity index (χ3v) is 6.29. The monoisotopic (exact) mass is 334 g/mol. The Kier molecular flexibility index (Phi) is 4.41.